The van der Waals surface area contributed by atoms with Gasteiger partial charge in [0.05, 0.1) is 16.9 Å². The molecule has 1 aromatic carbocycles. The van der Waals surface area contributed by atoms with E-state index in [1.54, 1.807) is 12.1 Å². The minimum atomic E-state index is -2.90. The molecule has 6 heteroatoms. The average molecular weight is 324 g/mol. The fraction of sp³-hybridized carbons (Fsp3) is 0.562. The van der Waals surface area contributed by atoms with Gasteiger partial charge in [-0.05, 0) is 30.5 Å². The third-order valence-corrected chi connectivity index (χ3v) is 6.47. The molecular formula is C16H20O5S. The van der Waals surface area contributed by atoms with Gasteiger partial charge < -0.3 is 9.84 Å². The van der Waals surface area contributed by atoms with Gasteiger partial charge in [0, 0.05) is 0 Å². The van der Waals surface area contributed by atoms with Crippen LogP contribution in [0.3, 0.4) is 0 Å². The van der Waals surface area contributed by atoms with Crippen LogP contribution in [0.2, 0.25) is 0 Å². The minimum absolute atomic E-state index is 0.0633. The van der Waals surface area contributed by atoms with Gasteiger partial charge in [-0.1, -0.05) is 31.4 Å². The van der Waals surface area contributed by atoms with Crippen LogP contribution in [0.4, 0.5) is 0 Å². The summed E-state index contributed by atoms with van der Waals surface area (Å²) in [6.07, 6.45) is 4.02. The van der Waals surface area contributed by atoms with E-state index in [1.807, 2.05) is 12.1 Å². The lowest BCUT2D eigenvalue weighted by Gasteiger charge is -2.34. The first-order valence-electron chi connectivity index (χ1n) is 7.62. The molecule has 0 atom stereocenters. The second-order valence-electron chi connectivity index (χ2n) is 6.29. The maximum absolute atomic E-state index is 11.8. The van der Waals surface area contributed by atoms with E-state index in [4.69, 9.17) is 4.74 Å². The topological polar surface area (TPSA) is 80.7 Å². The summed E-state index contributed by atoms with van der Waals surface area (Å²) in [7, 11) is -2.90. The quantitative estimate of drug-likeness (QED) is 0.918. The van der Waals surface area contributed by atoms with Crippen LogP contribution in [0.25, 0.3) is 0 Å². The van der Waals surface area contributed by atoms with Crippen molar-refractivity contribution in [2.45, 2.75) is 43.6 Å². The highest BCUT2D eigenvalue weighted by Gasteiger charge is 2.41. The number of benzene rings is 1. The number of aliphatic carboxylic acids is 1. The van der Waals surface area contributed by atoms with Gasteiger partial charge in [-0.2, -0.15) is 0 Å². The van der Waals surface area contributed by atoms with Crippen molar-refractivity contribution >= 4 is 15.8 Å². The summed E-state index contributed by atoms with van der Waals surface area (Å²) in [6.45, 7) is 0. The Morgan fingerprint density at radius 1 is 1.09 bits per heavy atom. The number of hydrogen-bond acceptors (Lipinski definition) is 4. The summed E-state index contributed by atoms with van der Waals surface area (Å²) in [5.41, 5.74) is 0.0321. The molecule has 1 N–H and O–H groups in total. The zero-order valence-electron chi connectivity index (χ0n) is 12.3. The summed E-state index contributed by atoms with van der Waals surface area (Å²) < 4.78 is 27.8. The normalized spacial score (nSPS) is 23.5. The van der Waals surface area contributed by atoms with Crippen molar-refractivity contribution < 1.29 is 23.1 Å². The first kappa shape index (κ1) is 15.3. The summed E-state index contributed by atoms with van der Waals surface area (Å²) in [5, 5.41) is 9.66. The van der Waals surface area contributed by atoms with Crippen LogP contribution in [-0.2, 0) is 20.0 Å². The van der Waals surface area contributed by atoms with Gasteiger partial charge >= 0.3 is 5.97 Å². The average Bonchev–Trinajstić information content (AvgIpc) is 2.46. The molecule has 22 heavy (non-hydrogen) atoms. The molecule has 0 amide bonds. The number of rotatable bonds is 4. The van der Waals surface area contributed by atoms with E-state index in [0.717, 1.165) is 24.8 Å². The van der Waals surface area contributed by atoms with Crippen LogP contribution in [-0.4, -0.2) is 37.1 Å². The van der Waals surface area contributed by atoms with Gasteiger partial charge in [-0.25, -0.2) is 8.42 Å². The van der Waals surface area contributed by atoms with Crippen molar-refractivity contribution in [1.82, 2.24) is 0 Å². The van der Waals surface area contributed by atoms with Crippen LogP contribution >= 0.6 is 0 Å². The monoisotopic (exact) mass is 324 g/mol. The Kier molecular flexibility index (Phi) is 3.89. The maximum Gasteiger partial charge on any atom is 0.314 e. The van der Waals surface area contributed by atoms with Gasteiger partial charge in [0.1, 0.15) is 11.9 Å². The van der Waals surface area contributed by atoms with E-state index in [2.05, 4.69) is 0 Å². The highest BCUT2D eigenvalue weighted by atomic mass is 32.2. The lowest BCUT2D eigenvalue weighted by atomic mass is 9.69. The number of carbonyl (C=O) groups is 1. The smallest absolute Gasteiger partial charge is 0.314 e. The Balaban J connectivity index is 1.74. The Morgan fingerprint density at radius 3 is 2.18 bits per heavy atom. The first-order chi connectivity index (χ1) is 10.4. The molecule has 1 aliphatic heterocycles. The van der Waals surface area contributed by atoms with Crippen LogP contribution in [0.1, 0.15) is 37.7 Å². The molecule has 5 nitrogen and oxygen atoms in total. The fourth-order valence-electron chi connectivity index (χ4n) is 3.41. The lowest BCUT2D eigenvalue weighted by molar-refractivity contribution is -0.145. The van der Waals surface area contributed by atoms with E-state index in [1.165, 1.54) is 0 Å². The molecule has 2 aliphatic rings. The molecule has 2 fully saturated rings. The summed E-state index contributed by atoms with van der Waals surface area (Å²) in [6, 6.07) is 7.11. The van der Waals surface area contributed by atoms with Gasteiger partial charge in [0.15, 0.2) is 9.84 Å². The van der Waals surface area contributed by atoms with Crippen molar-refractivity contribution in [3.05, 3.63) is 29.8 Å². The second-order valence-corrected chi connectivity index (χ2v) is 8.44. The molecule has 3 rings (SSSR count). The van der Waals surface area contributed by atoms with Crippen molar-refractivity contribution in [3.8, 4) is 5.75 Å². The molecular weight excluding hydrogens is 304 g/mol. The number of carboxylic acids is 1. The van der Waals surface area contributed by atoms with E-state index in [-0.39, 0.29) is 17.6 Å². The summed E-state index contributed by atoms with van der Waals surface area (Å²) >= 11 is 0. The van der Waals surface area contributed by atoms with Gasteiger partial charge in [-0.3, -0.25) is 4.79 Å². The molecule has 1 aromatic rings. The first-order valence-corrected chi connectivity index (χ1v) is 9.44. The number of carboxylic acid groups (broad SMARTS) is 1. The summed E-state index contributed by atoms with van der Waals surface area (Å²) in [4.78, 5) is 11.8. The molecule has 0 radical (unpaired) electrons. The number of sulfone groups is 1. The van der Waals surface area contributed by atoms with Gasteiger partial charge in [0.25, 0.3) is 0 Å². The largest absolute Gasteiger partial charge is 0.488 e. The molecule has 1 heterocycles. The Bertz CT molecular complexity index is 644. The Labute approximate surface area is 130 Å². The zero-order chi connectivity index (χ0) is 15.8. The van der Waals surface area contributed by atoms with Crippen molar-refractivity contribution in [3.63, 3.8) is 0 Å². The third-order valence-electron chi connectivity index (χ3n) is 4.71. The second kappa shape index (κ2) is 5.57. The zero-order valence-corrected chi connectivity index (χ0v) is 13.1. The van der Waals surface area contributed by atoms with E-state index in [9.17, 15) is 18.3 Å². The van der Waals surface area contributed by atoms with Crippen LogP contribution in [0.15, 0.2) is 24.3 Å². The van der Waals surface area contributed by atoms with Crippen molar-refractivity contribution in [1.29, 1.82) is 0 Å². The van der Waals surface area contributed by atoms with E-state index < -0.39 is 21.2 Å². The van der Waals surface area contributed by atoms with Gasteiger partial charge in [-0.15, -0.1) is 0 Å². The number of hydrogen-bond donors (Lipinski definition) is 1. The predicted octanol–water partition coefficient (Wildman–Crippen LogP) is 2.15. The lowest BCUT2D eigenvalue weighted by Crippen LogP contribution is -2.45. The summed E-state index contributed by atoms with van der Waals surface area (Å²) in [5.74, 6) is -0.0345. The molecule has 1 saturated heterocycles. The SMILES string of the molecule is O=C(O)C1(c2ccc(OC3CS(=O)(=O)C3)cc2)CCCCC1. The van der Waals surface area contributed by atoms with E-state index >= 15 is 0 Å². The van der Waals surface area contributed by atoms with Crippen molar-refractivity contribution in [2.75, 3.05) is 11.5 Å². The molecule has 0 spiro atoms. The number of ether oxygens (including phenoxy) is 1. The van der Waals surface area contributed by atoms with Crippen molar-refractivity contribution in [2.24, 2.45) is 0 Å². The molecule has 1 saturated carbocycles. The fourth-order valence-corrected chi connectivity index (χ4v) is 4.58. The highest BCUT2D eigenvalue weighted by Crippen LogP contribution is 2.40. The minimum Gasteiger partial charge on any atom is -0.488 e. The Morgan fingerprint density at radius 2 is 1.68 bits per heavy atom. The molecule has 1 aliphatic carbocycles. The standard InChI is InChI=1S/C16H20O5S/c17-15(18)16(8-2-1-3-9-16)12-4-6-13(7-5-12)21-14-10-22(19,20)11-14/h4-7,14H,1-3,8-11H2,(H,17,18). The molecule has 0 aromatic heterocycles. The van der Waals surface area contributed by atoms with Crippen LogP contribution in [0.5, 0.6) is 5.75 Å². The molecule has 0 bridgehead atoms. The highest BCUT2D eigenvalue weighted by molar-refractivity contribution is 7.92. The van der Waals surface area contributed by atoms with Gasteiger partial charge in [0.2, 0.25) is 0 Å². The maximum atomic E-state index is 11.8. The van der Waals surface area contributed by atoms with Crippen LogP contribution in [0, 0.1) is 0 Å². The molecule has 0 unspecified atom stereocenters. The van der Waals surface area contributed by atoms with E-state index in [0.29, 0.717) is 18.6 Å². The third kappa shape index (κ3) is 2.84. The van der Waals surface area contributed by atoms with Crippen LogP contribution < -0.4 is 4.74 Å². The predicted molar refractivity (Wildman–Crippen MR) is 81.9 cm³/mol. The Hall–Kier alpha value is -1.56. The molecule has 120 valence electrons.